The van der Waals surface area contributed by atoms with Crippen LogP contribution in [0.3, 0.4) is 0 Å². The highest BCUT2D eigenvalue weighted by Crippen LogP contribution is 2.20. The van der Waals surface area contributed by atoms with Crippen molar-refractivity contribution < 1.29 is 18.7 Å². The predicted molar refractivity (Wildman–Crippen MR) is 63.1 cm³/mol. The molecule has 0 bridgehead atoms. The van der Waals surface area contributed by atoms with Crippen LogP contribution in [0.1, 0.15) is 10.4 Å². The van der Waals surface area contributed by atoms with Gasteiger partial charge < -0.3 is 10.4 Å². The fourth-order valence-electron chi connectivity index (χ4n) is 1.05. The Morgan fingerprint density at radius 1 is 1.53 bits per heavy atom. The third-order valence-corrected chi connectivity index (χ3v) is 2.54. The van der Waals surface area contributed by atoms with Crippen LogP contribution in [-0.4, -0.2) is 30.1 Å². The van der Waals surface area contributed by atoms with Crippen molar-refractivity contribution in [1.82, 2.24) is 5.32 Å². The first-order valence-corrected chi connectivity index (χ1v) is 5.43. The second kappa shape index (κ2) is 5.66. The first-order chi connectivity index (χ1) is 7.85. The van der Waals surface area contributed by atoms with Gasteiger partial charge in [-0.15, -0.1) is 12.6 Å². The van der Waals surface area contributed by atoms with Crippen molar-refractivity contribution in [2.45, 2.75) is 10.8 Å². The van der Waals surface area contributed by atoms with Crippen LogP contribution in [0.25, 0.3) is 0 Å². The number of hydrogen-bond acceptors (Lipinski definition) is 3. The first-order valence-electron chi connectivity index (χ1n) is 4.61. The minimum absolute atomic E-state index is 0.0629. The van der Waals surface area contributed by atoms with E-state index < -0.39 is 25.0 Å². The minimum Gasteiger partial charge on any atom is -0.390 e. The highest BCUT2D eigenvalue weighted by molar-refractivity contribution is 7.80. The van der Waals surface area contributed by atoms with Crippen LogP contribution in [-0.2, 0) is 0 Å². The van der Waals surface area contributed by atoms with E-state index in [1.165, 1.54) is 12.1 Å². The molecule has 0 aliphatic rings. The number of carbonyl (C=O) groups is 1. The Labute approximate surface area is 107 Å². The molecule has 2 N–H and O–H groups in total. The summed E-state index contributed by atoms with van der Waals surface area (Å²) in [5.41, 5.74) is 0.0629. The highest BCUT2D eigenvalue weighted by atomic mass is 35.5. The Morgan fingerprint density at radius 2 is 2.18 bits per heavy atom. The molecule has 0 saturated carbocycles. The van der Waals surface area contributed by atoms with Crippen molar-refractivity contribution in [2.24, 2.45) is 0 Å². The first kappa shape index (κ1) is 14.2. The number of nitrogens with one attached hydrogen (secondary N) is 1. The van der Waals surface area contributed by atoms with Gasteiger partial charge in [0.1, 0.15) is 6.61 Å². The summed E-state index contributed by atoms with van der Waals surface area (Å²) < 4.78 is 25.4. The molecule has 0 unspecified atom stereocenters. The van der Waals surface area contributed by atoms with Crippen molar-refractivity contribution in [3.8, 4) is 0 Å². The fraction of sp³-hybridized carbons (Fsp3) is 0.300. The van der Waals surface area contributed by atoms with E-state index in [0.717, 1.165) is 0 Å². The summed E-state index contributed by atoms with van der Waals surface area (Å²) in [4.78, 5) is 12.0. The van der Waals surface area contributed by atoms with E-state index in [1.807, 2.05) is 5.32 Å². The normalized spacial score (nSPS) is 11.4. The number of halogens is 3. The van der Waals surface area contributed by atoms with E-state index in [2.05, 4.69) is 12.6 Å². The van der Waals surface area contributed by atoms with E-state index in [4.69, 9.17) is 16.7 Å². The lowest BCUT2D eigenvalue weighted by atomic mass is 10.2. The Bertz CT molecular complexity index is 429. The number of aliphatic hydroxyl groups excluding tert-OH is 1. The maximum Gasteiger partial charge on any atom is 0.287 e. The van der Waals surface area contributed by atoms with Crippen LogP contribution in [0.2, 0.25) is 5.02 Å². The zero-order chi connectivity index (χ0) is 13.1. The molecule has 0 radical (unpaired) electrons. The standard InChI is InChI=1S/C10H10ClF2NO2S/c11-8-2-1-6(17)3-7(8)9(16)14-4-10(12,13)5-15/h1-3,15,17H,4-5H2,(H,14,16). The van der Waals surface area contributed by atoms with Gasteiger partial charge in [0.05, 0.1) is 17.1 Å². The Morgan fingerprint density at radius 3 is 2.76 bits per heavy atom. The molecule has 0 saturated heterocycles. The Balaban J connectivity index is 2.74. The van der Waals surface area contributed by atoms with Gasteiger partial charge >= 0.3 is 0 Å². The average Bonchev–Trinajstić information content (AvgIpc) is 2.29. The molecule has 1 aromatic rings. The quantitative estimate of drug-likeness (QED) is 0.739. The predicted octanol–water partition coefficient (Wildman–Crippen LogP) is 1.99. The van der Waals surface area contributed by atoms with E-state index >= 15 is 0 Å². The molecular formula is C10H10ClF2NO2S. The number of amides is 1. The Hall–Kier alpha value is -0.850. The summed E-state index contributed by atoms with van der Waals surface area (Å²) in [6, 6.07) is 4.39. The van der Waals surface area contributed by atoms with Gasteiger partial charge in [-0.2, -0.15) is 0 Å². The summed E-state index contributed by atoms with van der Waals surface area (Å²) in [5, 5.41) is 10.5. The summed E-state index contributed by atoms with van der Waals surface area (Å²) >= 11 is 9.76. The van der Waals surface area contributed by atoms with Crippen molar-refractivity contribution >= 4 is 30.1 Å². The van der Waals surface area contributed by atoms with Crippen LogP contribution in [0.15, 0.2) is 23.1 Å². The lowest BCUT2D eigenvalue weighted by molar-refractivity contribution is -0.0462. The smallest absolute Gasteiger partial charge is 0.287 e. The summed E-state index contributed by atoms with van der Waals surface area (Å²) in [7, 11) is 0. The van der Waals surface area contributed by atoms with E-state index in [0.29, 0.717) is 4.90 Å². The van der Waals surface area contributed by atoms with Crippen LogP contribution in [0.5, 0.6) is 0 Å². The molecule has 17 heavy (non-hydrogen) atoms. The van der Waals surface area contributed by atoms with Crippen molar-refractivity contribution in [3.63, 3.8) is 0 Å². The molecule has 0 atom stereocenters. The largest absolute Gasteiger partial charge is 0.390 e. The second-order valence-corrected chi connectivity index (χ2v) is 4.28. The molecule has 0 spiro atoms. The molecule has 1 aromatic carbocycles. The van der Waals surface area contributed by atoms with Gasteiger partial charge in [0, 0.05) is 4.90 Å². The molecule has 94 valence electrons. The molecule has 0 aliphatic heterocycles. The lowest BCUT2D eigenvalue weighted by Crippen LogP contribution is -2.39. The number of benzene rings is 1. The minimum atomic E-state index is -3.35. The number of aliphatic hydroxyl groups is 1. The van der Waals surface area contributed by atoms with E-state index in [-0.39, 0.29) is 10.6 Å². The van der Waals surface area contributed by atoms with Crippen LogP contribution < -0.4 is 5.32 Å². The monoisotopic (exact) mass is 281 g/mol. The van der Waals surface area contributed by atoms with Gasteiger partial charge in [-0.3, -0.25) is 4.79 Å². The molecule has 7 heteroatoms. The Kier molecular flexibility index (Phi) is 4.73. The average molecular weight is 282 g/mol. The number of carbonyl (C=O) groups excluding carboxylic acids is 1. The second-order valence-electron chi connectivity index (χ2n) is 3.36. The maximum atomic E-state index is 12.7. The fourth-order valence-corrected chi connectivity index (χ4v) is 1.45. The zero-order valence-electron chi connectivity index (χ0n) is 8.58. The van der Waals surface area contributed by atoms with E-state index in [1.54, 1.807) is 6.07 Å². The zero-order valence-corrected chi connectivity index (χ0v) is 10.2. The molecule has 0 aliphatic carbocycles. The highest BCUT2D eigenvalue weighted by Gasteiger charge is 2.28. The molecule has 0 heterocycles. The van der Waals surface area contributed by atoms with Gasteiger partial charge in [0.25, 0.3) is 11.8 Å². The molecule has 0 aromatic heterocycles. The molecule has 3 nitrogen and oxygen atoms in total. The maximum absolute atomic E-state index is 12.7. The van der Waals surface area contributed by atoms with Crippen LogP contribution in [0, 0.1) is 0 Å². The van der Waals surface area contributed by atoms with Gasteiger partial charge in [0.2, 0.25) is 0 Å². The van der Waals surface area contributed by atoms with E-state index in [9.17, 15) is 13.6 Å². The number of alkyl halides is 2. The van der Waals surface area contributed by atoms with Gasteiger partial charge in [0.15, 0.2) is 0 Å². The van der Waals surface area contributed by atoms with Gasteiger partial charge in [-0.25, -0.2) is 8.78 Å². The van der Waals surface area contributed by atoms with Crippen molar-refractivity contribution in [3.05, 3.63) is 28.8 Å². The van der Waals surface area contributed by atoms with Crippen LogP contribution >= 0.6 is 24.2 Å². The third kappa shape index (κ3) is 4.14. The topological polar surface area (TPSA) is 49.3 Å². The molecular weight excluding hydrogens is 272 g/mol. The number of thiol groups is 1. The SMILES string of the molecule is O=C(NCC(F)(F)CO)c1cc(S)ccc1Cl. The molecule has 0 fully saturated rings. The lowest BCUT2D eigenvalue weighted by Gasteiger charge is -2.14. The number of rotatable bonds is 4. The summed E-state index contributed by atoms with van der Waals surface area (Å²) in [6.07, 6.45) is 0. The van der Waals surface area contributed by atoms with Gasteiger partial charge in [-0.1, -0.05) is 11.6 Å². The number of hydrogen-bond donors (Lipinski definition) is 3. The molecule has 1 rings (SSSR count). The third-order valence-electron chi connectivity index (χ3n) is 1.93. The van der Waals surface area contributed by atoms with Crippen molar-refractivity contribution in [2.75, 3.05) is 13.2 Å². The van der Waals surface area contributed by atoms with Crippen LogP contribution in [0.4, 0.5) is 8.78 Å². The van der Waals surface area contributed by atoms with Crippen molar-refractivity contribution in [1.29, 1.82) is 0 Å². The van der Waals surface area contributed by atoms with Gasteiger partial charge in [-0.05, 0) is 18.2 Å². The summed E-state index contributed by atoms with van der Waals surface area (Å²) in [6.45, 7) is -2.27. The molecule has 1 amide bonds. The summed E-state index contributed by atoms with van der Waals surface area (Å²) in [5.74, 6) is -4.08.